The summed E-state index contributed by atoms with van der Waals surface area (Å²) in [5, 5.41) is 9.26. The molecule has 1 heterocycles. The summed E-state index contributed by atoms with van der Waals surface area (Å²) in [5.41, 5.74) is 5.54. The summed E-state index contributed by atoms with van der Waals surface area (Å²) in [5.74, 6) is -1.21. The minimum absolute atomic E-state index is 0.270. The molecule has 0 aliphatic carbocycles. The number of carboxylic acid groups (broad SMARTS) is 1. The Morgan fingerprint density at radius 1 is 1.64 bits per heavy atom. The second kappa shape index (κ2) is 4.77. The van der Waals surface area contributed by atoms with Gasteiger partial charge in [-0.1, -0.05) is 0 Å². The first kappa shape index (κ1) is 11.5. The molecule has 6 heteroatoms. The topological polar surface area (TPSA) is 83.6 Å². The van der Waals surface area contributed by atoms with Gasteiger partial charge in [-0.2, -0.15) is 0 Å². The number of carbonyl (C=O) groups excluding carboxylic acids is 1. The normalized spacial score (nSPS) is 23.6. The van der Waals surface area contributed by atoms with E-state index >= 15 is 0 Å². The molecular formula is C8H13N2O3Se. The summed E-state index contributed by atoms with van der Waals surface area (Å²) >= 11 is 2.67. The van der Waals surface area contributed by atoms with Crippen LogP contribution in [0.25, 0.3) is 0 Å². The van der Waals surface area contributed by atoms with Crippen molar-refractivity contribution in [2.45, 2.75) is 30.2 Å². The van der Waals surface area contributed by atoms with E-state index in [1.165, 1.54) is 4.90 Å². The van der Waals surface area contributed by atoms with Crippen LogP contribution in [0.3, 0.4) is 0 Å². The maximum absolute atomic E-state index is 11.6. The summed E-state index contributed by atoms with van der Waals surface area (Å²) in [6.07, 6.45) is 1.27. The third-order valence-electron chi connectivity index (χ3n) is 2.32. The zero-order chi connectivity index (χ0) is 10.7. The van der Waals surface area contributed by atoms with E-state index in [0.717, 1.165) is 6.42 Å². The van der Waals surface area contributed by atoms with Crippen molar-refractivity contribution in [1.29, 1.82) is 0 Å². The molecule has 2 atom stereocenters. The Bertz CT molecular complexity index is 247. The van der Waals surface area contributed by atoms with Crippen molar-refractivity contribution in [3.63, 3.8) is 0 Å². The van der Waals surface area contributed by atoms with E-state index in [0.29, 0.717) is 18.3 Å². The minimum atomic E-state index is -0.942. The Morgan fingerprint density at radius 3 is 2.79 bits per heavy atom. The molecule has 0 saturated carbocycles. The molecule has 3 N–H and O–H groups in total. The van der Waals surface area contributed by atoms with Crippen LogP contribution in [0.1, 0.15) is 12.8 Å². The molecule has 1 aliphatic rings. The SMILES string of the molecule is N[C@@H](C[Se])C(=O)N1CCC[C@H]1C(=O)O. The van der Waals surface area contributed by atoms with E-state index in [1.807, 2.05) is 0 Å². The van der Waals surface area contributed by atoms with Gasteiger partial charge in [0.15, 0.2) is 0 Å². The molecule has 0 spiro atoms. The van der Waals surface area contributed by atoms with Crippen LogP contribution in [0.5, 0.6) is 0 Å². The van der Waals surface area contributed by atoms with Crippen molar-refractivity contribution in [3.05, 3.63) is 0 Å². The van der Waals surface area contributed by atoms with Gasteiger partial charge in [-0.05, 0) is 0 Å². The summed E-state index contributed by atoms with van der Waals surface area (Å²) < 4.78 is 0. The second-order valence-corrected chi connectivity index (χ2v) is 4.00. The fourth-order valence-corrected chi connectivity index (χ4v) is 1.87. The quantitative estimate of drug-likeness (QED) is 0.639. The molecule has 1 rings (SSSR count). The van der Waals surface area contributed by atoms with E-state index < -0.39 is 18.1 Å². The summed E-state index contributed by atoms with van der Waals surface area (Å²) in [4.78, 5) is 23.8. The Labute approximate surface area is 90.4 Å². The molecule has 1 radical (unpaired) electrons. The standard InChI is InChI=1S/C8H13N2O3Se/c9-5(4-14)7(11)10-3-1-2-6(10)8(12)13/h5-6H,1-4,9H2,(H,12,13)/t5-,6-/m0/s1. The number of nitrogens with zero attached hydrogens (tertiary/aromatic N) is 1. The number of hydrogen-bond donors (Lipinski definition) is 2. The van der Waals surface area contributed by atoms with Crippen molar-refractivity contribution in [3.8, 4) is 0 Å². The van der Waals surface area contributed by atoms with E-state index in [4.69, 9.17) is 10.8 Å². The molecule has 1 fully saturated rings. The molecule has 0 aromatic heterocycles. The Kier molecular flexibility index (Phi) is 3.92. The fourth-order valence-electron chi connectivity index (χ4n) is 1.57. The van der Waals surface area contributed by atoms with Gasteiger partial charge in [0.2, 0.25) is 0 Å². The predicted octanol–water partition coefficient (Wildman–Crippen LogP) is -1.02. The first-order valence-corrected chi connectivity index (χ1v) is 5.66. The number of nitrogens with two attached hydrogens (primary N) is 1. The summed E-state index contributed by atoms with van der Waals surface area (Å²) in [7, 11) is 0. The average molecular weight is 264 g/mol. The number of carbonyl (C=O) groups is 2. The molecule has 79 valence electrons. The van der Waals surface area contributed by atoms with Crippen molar-refractivity contribution in [2.75, 3.05) is 6.54 Å². The number of aliphatic carboxylic acids is 1. The fraction of sp³-hybridized carbons (Fsp3) is 0.750. The maximum atomic E-state index is 11.6. The second-order valence-electron chi connectivity index (χ2n) is 3.30. The number of rotatable bonds is 3. The first-order chi connectivity index (χ1) is 6.57. The number of amides is 1. The summed E-state index contributed by atoms with van der Waals surface area (Å²) in [6.45, 7) is 0.503. The Balaban J connectivity index is 2.67. The van der Waals surface area contributed by atoms with E-state index in [1.54, 1.807) is 0 Å². The predicted molar refractivity (Wildman–Crippen MR) is 50.9 cm³/mol. The first-order valence-electron chi connectivity index (χ1n) is 4.45. The van der Waals surface area contributed by atoms with E-state index in [-0.39, 0.29) is 5.91 Å². The molecule has 1 aliphatic heterocycles. The van der Waals surface area contributed by atoms with Crippen molar-refractivity contribution < 1.29 is 14.7 Å². The van der Waals surface area contributed by atoms with E-state index in [9.17, 15) is 9.59 Å². The summed E-state index contributed by atoms with van der Waals surface area (Å²) in [6, 6.07) is -1.30. The third kappa shape index (κ3) is 2.26. The van der Waals surface area contributed by atoms with Crippen molar-refractivity contribution >= 4 is 27.9 Å². The zero-order valence-corrected chi connectivity index (χ0v) is 9.39. The van der Waals surface area contributed by atoms with Crippen LogP contribution in [0.2, 0.25) is 5.32 Å². The van der Waals surface area contributed by atoms with Gasteiger partial charge in [-0.3, -0.25) is 0 Å². The molecule has 14 heavy (non-hydrogen) atoms. The van der Waals surface area contributed by atoms with Gasteiger partial charge in [-0.15, -0.1) is 0 Å². The Hall–Kier alpha value is -0.581. The number of carboxylic acids is 1. The molecule has 0 aromatic rings. The van der Waals surface area contributed by atoms with Crippen LogP contribution in [-0.2, 0) is 9.59 Å². The van der Waals surface area contributed by atoms with Gasteiger partial charge in [0.05, 0.1) is 0 Å². The number of hydrogen-bond acceptors (Lipinski definition) is 3. The molecule has 5 nitrogen and oxygen atoms in total. The average Bonchev–Trinajstić information content (AvgIpc) is 2.63. The van der Waals surface area contributed by atoms with Crippen molar-refractivity contribution in [1.82, 2.24) is 4.90 Å². The van der Waals surface area contributed by atoms with Crippen LogP contribution in [0.15, 0.2) is 0 Å². The van der Waals surface area contributed by atoms with E-state index in [2.05, 4.69) is 16.0 Å². The van der Waals surface area contributed by atoms with Crippen LogP contribution in [-0.4, -0.2) is 56.5 Å². The van der Waals surface area contributed by atoms with Crippen molar-refractivity contribution in [2.24, 2.45) is 5.73 Å². The van der Waals surface area contributed by atoms with Gasteiger partial charge in [0.25, 0.3) is 0 Å². The van der Waals surface area contributed by atoms with Crippen LogP contribution in [0, 0.1) is 0 Å². The van der Waals surface area contributed by atoms with Gasteiger partial charge in [0, 0.05) is 0 Å². The van der Waals surface area contributed by atoms with Crippen LogP contribution in [0.4, 0.5) is 0 Å². The van der Waals surface area contributed by atoms with Gasteiger partial charge >= 0.3 is 90.0 Å². The molecule has 1 amide bonds. The number of likely N-dealkylation sites (tertiary alicyclic amines) is 1. The molecule has 1 saturated heterocycles. The zero-order valence-electron chi connectivity index (χ0n) is 7.68. The van der Waals surface area contributed by atoms with Gasteiger partial charge in [-0.25, -0.2) is 0 Å². The monoisotopic (exact) mass is 265 g/mol. The van der Waals surface area contributed by atoms with Gasteiger partial charge in [0.1, 0.15) is 0 Å². The molecule has 0 bridgehead atoms. The van der Waals surface area contributed by atoms with Crippen LogP contribution >= 0.6 is 0 Å². The molecule has 0 unspecified atom stereocenters. The van der Waals surface area contributed by atoms with Crippen LogP contribution < -0.4 is 5.73 Å². The van der Waals surface area contributed by atoms with Gasteiger partial charge < -0.3 is 0 Å². The molecular weight excluding hydrogens is 251 g/mol. The molecule has 0 aromatic carbocycles. The third-order valence-corrected chi connectivity index (χ3v) is 3.07. The Morgan fingerprint density at radius 2 is 2.29 bits per heavy atom.